The first-order valence-electron chi connectivity index (χ1n) is 3.99. The molecule has 1 saturated heterocycles. The second-order valence-electron chi connectivity index (χ2n) is 2.87. The van der Waals surface area contributed by atoms with E-state index in [0.29, 0.717) is 12.5 Å². The lowest BCUT2D eigenvalue weighted by molar-refractivity contribution is 0.0705. The van der Waals surface area contributed by atoms with E-state index in [0.717, 1.165) is 19.4 Å². The molecule has 12 heavy (non-hydrogen) atoms. The van der Waals surface area contributed by atoms with E-state index < -0.39 is 5.69 Å². The molecule has 1 atom stereocenters. The molecular formula is C7H10N2O3. The number of nitrogens with zero attached hydrogens (tertiary/aromatic N) is 1. The maximum atomic E-state index is 10.6. The Labute approximate surface area is 68.7 Å². The third-order valence-electron chi connectivity index (χ3n) is 1.96. The number of H-pyrrole nitrogens is 1. The van der Waals surface area contributed by atoms with Crippen LogP contribution in [0.1, 0.15) is 24.7 Å². The molecule has 0 amide bonds. The Kier molecular flexibility index (Phi) is 1.95. The van der Waals surface area contributed by atoms with Crippen molar-refractivity contribution in [2.75, 3.05) is 13.2 Å². The normalized spacial score (nSPS) is 24.2. The van der Waals surface area contributed by atoms with Gasteiger partial charge in [-0.2, -0.15) is 10.1 Å². The topological polar surface area (TPSA) is 68.1 Å². The number of nitrogens with one attached hydrogen (secondary N) is 1. The minimum Gasteiger partial charge on any atom is -0.381 e. The molecule has 0 aliphatic carbocycles. The van der Waals surface area contributed by atoms with Gasteiger partial charge in [-0.3, -0.25) is 0 Å². The zero-order chi connectivity index (χ0) is 8.39. The highest BCUT2D eigenvalue weighted by atomic mass is 16.5. The van der Waals surface area contributed by atoms with Crippen molar-refractivity contribution in [2.45, 2.75) is 18.8 Å². The van der Waals surface area contributed by atoms with E-state index in [1.165, 1.54) is 0 Å². The molecule has 5 nitrogen and oxygen atoms in total. The average molecular weight is 170 g/mol. The molecule has 1 unspecified atom stereocenters. The molecule has 1 N–H and O–H groups in total. The van der Waals surface area contributed by atoms with Gasteiger partial charge >= 0.3 is 5.69 Å². The molecule has 1 aliphatic rings. The summed E-state index contributed by atoms with van der Waals surface area (Å²) in [6, 6.07) is 0. The minimum absolute atomic E-state index is 0.151. The van der Waals surface area contributed by atoms with E-state index in [1.807, 2.05) is 0 Å². The van der Waals surface area contributed by atoms with Crippen LogP contribution in [0.3, 0.4) is 0 Å². The molecule has 5 heteroatoms. The van der Waals surface area contributed by atoms with Crippen molar-refractivity contribution in [3.63, 3.8) is 0 Å². The fraction of sp³-hybridized carbons (Fsp3) is 0.714. The van der Waals surface area contributed by atoms with E-state index in [4.69, 9.17) is 9.26 Å². The maximum Gasteiger partial charge on any atom is 0.377 e. The lowest BCUT2D eigenvalue weighted by Gasteiger charge is -2.17. The van der Waals surface area contributed by atoms with Crippen LogP contribution in [0.4, 0.5) is 0 Å². The largest absolute Gasteiger partial charge is 0.381 e. The third-order valence-corrected chi connectivity index (χ3v) is 1.96. The van der Waals surface area contributed by atoms with Crippen molar-refractivity contribution in [3.8, 4) is 0 Å². The molecule has 1 aliphatic heterocycles. The number of aromatic amines is 1. The smallest absolute Gasteiger partial charge is 0.377 e. The molecule has 0 spiro atoms. The molecular weight excluding hydrogens is 160 g/mol. The minimum atomic E-state index is -0.421. The van der Waals surface area contributed by atoms with Crippen LogP contribution in [0, 0.1) is 0 Å². The third kappa shape index (κ3) is 1.40. The standard InChI is InChI=1S/C7H10N2O3/c10-7-8-6(12-9-7)5-2-1-3-11-4-5/h5H,1-4H2,(H,9,10). The number of hydrogen-bond acceptors (Lipinski definition) is 4. The Balaban J connectivity index is 2.13. The van der Waals surface area contributed by atoms with Gasteiger partial charge in [-0.1, -0.05) is 0 Å². The second-order valence-corrected chi connectivity index (χ2v) is 2.87. The van der Waals surface area contributed by atoms with Crippen molar-refractivity contribution in [1.82, 2.24) is 10.1 Å². The number of aromatic nitrogens is 2. The van der Waals surface area contributed by atoms with Gasteiger partial charge in [0.15, 0.2) is 0 Å². The van der Waals surface area contributed by atoms with Crippen LogP contribution in [0.2, 0.25) is 0 Å². The van der Waals surface area contributed by atoms with Crippen molar-refractivity contribution >= 4 is 0 Å². The van der Waals surface area contributed by atoms with Gasteiger partial charge in [0.05, 0.1) is 12.5 Å². The molecule has 1 fully saturated rings. The fourth-order valence-electron chi connectivity index (χ4n) is 1.35. The maximum absolute atomic E-state index is 10.6. The Hall–Kier alpha value is -1.10. The molecule has 1 aromatic heterocycles. The summed E-state index contributed by atoms with van der Waals surface area (Å²) < 4.78 is 10.1. The number of rotatable bonds is 1. The van der Waals surface area contributed by atoms with Gasteiger partial charge in [-0.25, -0.2) is 4.79 Å². The Morgan fingerprint density at radius 3 is 3.08 bits per heavy atom. The molecule has 0 bridgehead atoms. The van der Waals surface area contributed by atoms with Gasteiger partial charge in [0.1, 0.15) is 0 Å². The van der Waals surface area contributed by atoms with Crippen LogP contribution >= 0.6 is 0 Å². The Morgan fingerprint density at radius 2 is 2.50 bits per heavy atom. The van der Waals surface area contributed by atoms with Crippen LogP contribution in [0.5, 0.6) is 0 Å². The summed E-state index contributed by atoms with van der Waals surface area (Å²) in [7, 11) is 0. The summed E-state index contributed by atoms with van der Waals surface area (Å²) in [5, 5.41) is 2.17. The van der Waals surface area contributed by atoms with Crippen LogP contribution in [-0.2, 0) is 4.74 Å². The number of hydrogen-bond donors (Lipinski definition) is 1. The molecule has 1 aromatic rings. The van der Waals surface area contributed by atoms with Crippen LogP contribution < -0.4 is 5.69 Å². The van der Waals surface area contributed by atoms with Gasteiger partial charge in [0.25, 0.3) is 0 Å². The van der Waals surface area contributed by atoms with E-state index in [2.05, 4.69) is 10.1 Å². The zero-order valence-electron chi connectivity index (χ0n) is 6.58. The summed E-state index contributed by atoms with van der Waals surface area (Å²) in [5.41, 5.74) is -0.421. The fourth-order valence-corrected chi connectivity index (χ4v) is 1.35. The molecule has 66 valence electrons. The number of ether oxygens (including phenoxy) is 1. The SMILES string of the molecule is O=c1nc(C2CCCOC2)o[nH]1. The second kappa shape index (κ2) is 3.10. The monoisotopic (exact) mass is 170 g/mol. The highest BCUT2D eigenvalue weighted by Crippen LogP contribution is 2.22. The first kappa shape index (κ1) is 7.54. The highest BCUT2D eigenvalue weighted by Gasteiger charge is 2.20. The van der Waals surface area contributed by atoms with Crippen molar-refractivity contribution in [1.29, 1.82) is 0 Å². The molecule has 0 aromatic carbocycles. The van der Waals surface area contributed by atoms with E-state index in [1.54, 1.807) is 0 Å². The van der Waals surface area contributed by atoms with Crippen molar-refractivity contribution in [3.05, 3.63) is 16.4 Å². The Morgan fingerprint density at radius 1 is 1.58 bits per heavy atom. The van der Waals surface area contributed by atoms with Gasteiger partial charge in [0, 0.05) is 6.61 Å². The van der Waals surface area contributed by atoms with Crippen molar-refractivity contribution < 1.29 is 9.26 Å². The molecule has 2 rings (SSSR count). The summed E-state index contributed by atoms with van der Waals surface area (Å²) in [6.07, 6.45) is 1.98. The summed E-state index contributed by atoms with van der Waals surface area (Å²) >= 11 is 0. The van der Waals surface area contributed by atoms with Crippen LogP contribution in [-0.4, -0.2) is 23.4 Å². The first-order valence-corrected chi connectivity index (χ1v) is 3.99. The predicted octanol–water partition coefficient (Wildman–Crippen LogP) is 0.257. The van der Waals surface area contributed by atoms with Gasteiger partial charge in [0.2, 0.25) is 5.89 Å². The zero-order valence-corrected chi connectivity index (χ0v) is 6.58. The van der Waals surface area contributed by atoms with E-state index in [9.17, 15) is 4.79 Å². The first-order chi connectivity index (χ1) is 5.86. The van der Waals surface area contributed by atoms with Gasteiger partial charge < -0.3 is 9.26 Å². The quantitative estimate of drug-likeness (QED) is 0.656. The predicted molar refractivity (Wildman–Crippen MR) is 39.9 cm³/mol. The summed E-state index contributed by atoms with van der Waals surface area (Å²) in [6.45, 7) is 1.40. The molecule has 2 heterocycles. The average Bonchev–Trinajstić information content (AvgIpc) is 2.54. The van der Waals surface area contributed by atoms with Gasteiger partial charge in [-0.05, 0) is 12.8 Å². The van der Waals surface area contributed by atoms with Crippen LogP contribution in [0.25, 0.3) is 0 Å². The van der Waals surface area contributed by atoms with Gasteiger partial charge in [-0.15, -0.1) is 0 Å². The summed E-state index contributed by atoms with van der Waals surface area (Å²) in [4.78, 5) is 14.3. The Bertz CT molecular complexity index is 298. The molecule has 0 radical (unpaired) electrons. The van der Waals surface area contributed by atoms with Crippen LogP contribution in [0.15, 0.2) is 9.32 Å². The lowest BCUT2D eigenvalue weighted by atomic mass is 10.0. The summed E-state index contributed by atoms with van der Waals surface area (Å²) in [5.74, 6) is 0.623. The van der Waals surface area contributed by atoms with Crippen molar-refractivity contribution in [2.24, 2.45) is 0 Å². The van der Waals surface area contributed by atoms with E-state index >= 15 is 0 Å². The highest BCUT2D eigenvalue weighted by molar-refractivity contribution is 4.90. The van der Waals surface area contributed by atoms with E-state index in [-0.39, 0.29) is 5.92 Å². The molecule has 0 saturated carbocycles. The lowest BCUT2D eigenvalue weighted by Crippen LogP contribution is -2.16.